The zero-order valence-corrected chi connectivity index (χ0v) is 9.01. The van der Waals surface area contributed by atoms with Crippen LogP contribution in [-0.4, -0.2) is 11.7 Å². The maximum absolute atomic E-state index is 9.16. The summed E-state index contributed by atoms with van der Waals surface area (Å²) in [5, 5.41) is 12.5. The van der Waals surface area contributed by atoms with Crippen molar-refractivity contribution in [1.29, 1.82) is 0 Å². The molecular weight excluding hydrogens is 174 g/mol. The summed E-state index contributed by atoms with van der Waals surface area (Å²) in [5.74, 6) is 0. The molecule has 0 saturated carbocycles. The van der Waals surface area contributed by atoms with E-state index in [2.05, 4.69) is 18.3 Å². The molecule has 0 aromatic heterocycles. The maximum atomic E-state index is 9.16. The van der Waals surface area contributed by atoms with E-state index in [0.29, 0.717) is 0 Å². The van der Waals surface area contributed by atoms with E-state index < -0.39 is 0 Å². The fraction of sp³-hybridized carbons (Fsp3) is 0.500. The lowest BCUT2D eigenvalue weighted by Gasteiger charge is -2.10. The van der Waals surface area contributed by atoms with Crippen LogP contribution < -0.4 is 5.32 Å². The Morgan fingerprint density at radius 2 is 2.14 bits per heavy atom. The number of aliphatic hydroxyl groups is 1. The normalized spacial score (nSPS) is 10.2. The second-order valence-corrected chi connectivity index (χ2v) is 3.60. The van der Waals surface area contributed by atoms with Crippen LogP contribution in [0.4, 0.5) is 5.69 Å². The van der Waals surface area contributed by atoms with Crippen LogP contribution in [0.1, 0.15) is 30.9 Å². The third kappa shape index (κ3) is 3.04. The Bertz CT molecular complexity index is 284. The highest BCUT2D eigenvalue weighted by atomic mass is 16.3. The number of anilines is 1. The molecule has 14 heavy (non-hydrogen) atoms. The molecule has 0 saturated heterocycles. The second-order valence-electron chi connectivity index (χ2n) is 3.60. The molecule has 0 spiro atoms. The molecule has 1 aromatic carbocycles. The van der Waals surface area contributed by atoms with Crippen molar-refractivity contribution in [2.75, 3.05) is 11.9 Å². The van der Waals surface area contributed by atoms with E-state index in [9.17, 15) is 0 Å². The molecule has 2 nitrogen and oxygen atoms in total. The number of nitrogens with one attached hydrogen (secondary N) is 1. The minimum Gasteiger partial charge on any atom is -0.392 e. The summed E-state index contributed by atoms with van der Waals surface area (Å²) in [6.07, 6.45) is 2.35. The Kier molecular flexibility index (Phi) is 4.47. The molecule has 0 radical (unpaired) electrons. The van der Waals surface area contributed by atoms with Crippen LogP contribution in [0.2, 0.25) is 0 Å². The summed E-state index contributed by atoms with van der Waals surface area (Å²) in [6, 6.07) is 6.12. The maximum Gasteiger partial charge on any atom is 0.0702 e. The van der Waals surface area contributed by atoms with Crippen molar-refractivity contribution in [2.45, 2.75) is 33.3 Å². The predicted molar refractivity (Wildman–Crippen MR) is 60.5 cm³/mol. The van der Waals surface area contributed by atoms with E-state index >= 15 is 0 Å². The van der Waals surface area contributed by atoms with E-state index in [1.165, 1.54) is 18.4 Å². The molecule has 0 heterocycles. The van der Waals surface area contributed by atoms with Crippen LogP contribution in [0.25, 0.3) is 0 Å². The van der Waals surface area contributed by atoms with Gasteiger partial charge in [0.15, 0.2) is 0 Å². The molecule has 0 aliphatic rings. The average Bonchev–Trinajstić information content (AvgIpc) is 2.20. The summed E-state index contributed by atoms with van der Waals surface area (Å²) in [5.41, 5.74) is 3.24. The molecule has 1 rings (SSSR count). The number of hydrogen-bond acceptors (Lipinski definition) is 2. The number of rotatable bonds is 5. The zero-order chi connectivity index (χ0) is 10.4. The minimum atomic E-state index is 0.107. The van der Waals surface area contributed by atoms with Gasteiger partial charge < -0.3 is 10.4 Å². The predicted octanol–water partition coefficient (Wildman–Crippen LogP) is 2.70. The van der Waals surface area contributed by atoms with Gasteiger partial charge in [-0.3, -0.25) is 0 Å². The molecular formula is C12H19NO. The van der Waals surface area contributed by atoms with E-state index in [1.54, 1.807) is 0 Å². The lowest BCUT2D eigenvalue weighted by atomic mass is 10.1. The molecule has 2 N–H and O–H groups in total. The van der Waals surface area contributed by atoms with E-state index in [0.717, 1.165) is 17.8 Å². The first-order chi connectivity index (χ1) is 6.77. The number of benzene rings is 1. The van der Waals surface area contributed by atoms with Gasteiger partial charge in [-0.2, -0.15) is 0 Å². The Morgan fingerprint density at radius 1 is 1.36 bits per heavy atom. The SMILES string of the molecule is CCCCNc1ccc(C)cc1CO. The van der Waals surface area contributed by atoms with E-state index in [1.807, 2.05) is 19.1 Å². The van der Waals surface area contributed by atoms with Gasteiger partial charge in [-0.25, -0.2) is 0 Å². The minimum absolute atomic E-state index is 0.107. The van der Waals surface area contributed by atoms with Crippen molar-refractivity contribution in [3.63, 3.8) is 0 Å². The number of hydrogen-bond donors (Lipinski definition) is 2. The first-order valence-corrected chi connectivity index (χ1v) is 5.22. The van der Waals surface area contributed by atoms with Crippen molar-refractivity contribution in [1.82, 2.24) is 0 Å². The fourth-order valence-electron chi connectivity index (χ4n) is 1.43. The van der Waals surface area contributed by atoms with Gasteiger partial charge in [-0.15, -0.1) is 0 Å². The van der Waals surface area contributed by atoms with Crippen molar-refractivity contribution >= 4 is 5.69 Å². The Balaban J connectivity index is 2.65. The Hall–Kier alpha value is -1.02. The summed E-state index contributed by atoms with van der Waals surface area (Å²) in [4.78, 5) is 0. The molecule has 78 valence electrons. The molecule has 0 aliphatic carbocycles. The summed E-state index contributed by atoms with van der Waals surface area (Å²) in [6.45, 7) is 5.29. The number of unbranched alkanes of at least 4 members (excludes halogenated alkanes) is 1. The molecule has 0 fully saturated rings. The molecule has 0 atom stereocenters. The first-order valence-electron chi connectivity index (χ1n) is 5.22. The highest BCUT2D eigenvalue weighted by Gasteiger charge is 2.00. The summed E-state index contributed by atoms with van der Waals surface area (Å²) >= 11 is 0. The quantitative estimate of drug-likeness (QED) is 0.705. The monoisotopic (exact) mass is 193 g/mol. The summed E-state index contributed by atoms with van der Waals surface area (Å²) in [7, 11) is 0. The third-order valence-electron chi connectivity index (χ3n) is 2.28. The van der Waals surface area contributed by atoms with Gasteiger partial charge >= 0.3 is 0 Å². The van der Waals surface area contributed by atoms with Crippen LogP contribution in [0.15, 0.2) is 18.2 Å². The van der Waals surface area contributed by atoms with Gasteiger partial charge in [0.2, 0.25) is 0 Å². The lowest BCUT2D eigenvalue weighted by Crippen LogP contribution is -2.04. The van der Waals surface area contributed by atoms with E-state index in [4.69, 9.17) is 5.11 Å². The van der Waals surface area contributed by atoms with E-state index in [-0.39, 0.29) is 6.61 Å². The van der Waals surface area contributed by atoms with Gasteiger partial charge in [-0.05, 0) is 19.4 Å². The fourth-order valence-corrected chi connectivity index (χ4v) is 1.43. The molecule has 2 heteroatoms. The van der Waals surface area contributed by atoms with Gasteiger partial charge in [-0.1, -0.05) is 31.0 Å². The van der Waals surface area contributed by atoms with Gasteiger partial charge in [0, 0.05) is 17.8 Å². The van der Waals surface area contributed by atoms with Crippen molar-refractivity contribution in [3.8, 4) is 0 Å². The second kappa shape index (κ2) is 5.66. The molecule has 0 unspecified atom stereocenters. The third-order valence-corrected chi connectivity index (χ3v) is 2.28. The molecule has 0 aliphatic heterocycles. The number of aliphatic hydroxyl groups excluding tert-OH is 1. The van der Waals surface area contributed by atoms with Crippen LogP contribution >= 0.6 is 0 Å². The molecule has 0 amide bonds. The molecule has 0 bridgehead atoms. The average molecular weight is 193 g/mol. The summed E-state index contributed by atoms with van der Waals surface area (Å²) < 4.78 is 0. The topological polar surface area (TPSA) is 32.3 Å². The van der Waals surface area contributed by atoms with Crippen molar-refractivity contribution < 1.29 is 5.11 Å². The Morgan fingerprint density at radius 3 is 2.79 bits per heavy atom. The molecule has 1 aromatic rings. The smallest absolute Gasteiger partial charge is 0.0702 e. The van der Waals surface area contributed by atoms with Crippen LogP contribution in [0.3, 0.4) is 0 Å². The van der Waals surface area contributed by atoms with Crippen LogP contribution in [0, 0.1) is 6.92 Å². The largest absolute Gasteiger partial charge is 0.392 e. The van der Waals surface area contributed by atoms with Gasteiger partial charge in [0.1, 0.15) is 0 Å². The number of aryl methyl sites for hydroxylation is 1. The van der Waals surface area contributed by atoms with Crippen molar-refractivity contribution in [3.05, 3.63) is 29.3 Å². The highest BCUT2D eigenvalue weighted by molar-refractivity contribution is 5.52. The van der Waals surface area contributed by atoms with Crippen LogP contribution in [-0.2, 0) is 6.61 Å². The zero-order valence-electron chi connectivity index (χ0n) is 9.01. The standard InChI is InChI=1S/C12H19NO/c1-3-4-7-13-12-6-5-10(2)8-11(12)9-14/h5-6,8,13-14H,3-4,7,9H2,1-2H3. The Labute approximate surface area is 86.0 Å². The lowest BCUT2D eigenvalue weighted by molar-refractivity contribution is 0.282. The van der Waals surface area contributed by atoms with Crippen LogP contribution in [0.5, 0.6) is 0 Å². The highest BCUT2D eigenvalue weighted by Crippen LogP contribution is 2.17. The van der Waals surface area contributed by atoms with Crippen molar-refractivity contribution in [2.24, 2.45) is 0 Å². The van der Waals surface area contributed by atoms with Gasteiger partial charge in [0.25, 0.3) is 0 Å². The first kappa shape index (κ1) is 11.1. The van der Waals surface area contributed by atoms with Gasteiger partial charge in [0.05, 0.1) is 6.61 Å².